The van der Waals surface area contributed by atoms with E-state index in [9.17, 15) is 13.6 Å². The van der Waals surface area contributed by atoms with Gasteiger partial charge in [0.1, 0.15) is 5.75 Å². The number of anilines is 1. The minimum Gasteiger partial charge on any atom is -0.435 e. The maximum atomic E-state index is 12.1. The number of rotatable bonds is 7. The Morgan fingerprint density at radius 1 is 1.16 bits per heavy atom. The lowest BCUT2D eigenvalue weighted by Gasteiger charge is -2.16. The van der Waals surface area contributed by atoms with Gasteiger partial charge < -0.3 is 15.4 Å². The summed E-state index contributed by atoms with van der Waals surface area (Å²) in [5, 5.41) is 6.76. The van der Waals surface area contributed by atoms with Gasteiger partial charge in [0.2, 0.25) is 5.91 Å². The Labute approximate surface area is 154 Å². The molecular formula is C17H16Cl2F2N2O2. The third-order valence-electron chi connectivity index (χ3n) is 3.36. The van der Waals surface area contributed by atoms with Crippen molar-refractivity contribution in [3.05, 3.63) is 58.1 Å². The number of carbonyl (C=O) groups excluding carboxylic acids is 1. The average molecular weight is 389 g/mol. The number of nitrogens with one attached hydrogen (secondary N) is 2. The van der Waals surface area contributed by atoms with Gasteiger partial charge in [-0.1, -0.05) is 29.3 Å². The van der Waals surface area contributed by atoms with Crippen molar-refractivity contribution in [2.24, 2.45) is 0 Å². The van der Waals surface area contributed by atoms with Crippen molar-refractivity contribution in [2.45, 2.75) is 19.6 Å². The van der Waals surface area contributed by atoms with Gasteiger partial charge in [0.05, 0.1) is 6.54 Å². The number of ether oxygens (including phenoxy) is 1. The molecule has 1 amide bonds. The summed E-state index contributed by atoms with van der Waals surface area (Å²) in [4.78, 5) is 12.0. The Morgan fingerprint density at radius 2 is 1.84 bits per heavy atom. The number of hydrogen-bond acceptors (Lipinski definition) is 3. The van der Waals surface area contributed by atoms with Gasteiger partial charge in [0, 0.05) is 21.8 Å². The zero-order valence-corrected chi connectivity index (χ0v) is 14.7. The van der Waals surface area contributed by atoms with Gasteiger partial charge in [-0.2, -0.15) is 8.78 Å². The number of halogens is 4. The molecule has 0 aliphatic heterocycles. The number of benzene rings is 2. The van der Waals surface area contributed by atoms with Crippen LogP contribution < -0.4 is 15.4 Å². The number of hydrogen-bond donors (Lipinski definition) is 2. The first-order valence-corrected chi connectivity index (χ1v) is 8.14. The van der Waals surface area contributed by atoms with E-state index >= 15 is 0 Å². The Hall–Kier alpha value is -1.89. The molecule has 1 atom stereocenters. The molecular weight excluding hydrogens is 373 g/mol. The minimum atomic E-state index is -2.88. The summed E-state index contributed by atoms with van der Waals surface area (Å²) in [6.45, 7) is -0.959. The van der Waals surface area contributed by atoms with Gasteiger partial charge in [0.15, 0.2) is 0 Å². The maximum absolute atomic E-state index is 12.1. The molecule has 25 heavy (non-hydrogen) atoms. The molecule has 0 aromatic heterocycles. The smallest absolute Gasteiger partial charge is 0.387 e. The van der Waals surface area contributed by atoms with E-state index in [1.165, 1.54) is 24.3 Å². The first-order valence-electron chi connectivity index (χ1n) is 7.38. The highest BCUT2D eigenvalue weighted by Crippen LogP contribution is 2.26. The maximum Gasteiger partial charge on any atom is 0.387 e. The van der Waals surface area contributed by atoms with Crippen LogP contribution in [0.15, 0.2) is 42.5 Å². The van der Waals surface area contributed by atoms with Crippen LogP contribution in [-0.2, 0) is 4.79 Å². The van der Waals surface area contributed by atoms with Crippen LogP contribution in [0.5, 0.6) is 5.75 Å². The van der Waals surface area contributed by atoms with Crippen LogP contribution in [0.2, 0.25) is 10.0 Å². The van der Waals surface area contributed by atoms with Gasteiger partial charge in [-0.15, -0.1) is 0 Å². The molecule has 0 heterocycles. The van der Waals surface area contributed by atoms with Crippen LogP contribution in [-0.4, -0.2) is 19.1 Å². The lowest BCUT2D eigenvalue weighted by atomic mass is 10.1. The van der Waals surface area contributed by atoms with E-state index in [-0.39, 0.29) is 24.2 Å². The molecule has 0 fully saturated rings. The zero-order valence-electron chi connectivity index (χ0n) is 13.2. The molecule has 8 heteroatoms. The number of carbonyl (C=O) groups is 1. The van der Waals surface area contributed by atoms with Gasteiger partial charge >= 0.3 is 6.61 Å². The monoisotopic (exact) mass is 388 g/mol. The third-order valence-corrected chi connectivity index (χ3v) is 3.92. The molecule has 2 rings (SSSR count). The summed E-state index contributed by atoms with van der Waals surface area (Å²) in [5.74, 6) is -0.253. The van der Waals surface area contributed by atoms with Crippen molar-refractivity contribution in [3.63, 3.8) is 0 Å². The van der Waals surface area contributed by atoms with E-state index in [0.717, 1.165) is 5.56 Å². The second-order valence-electron chi connectivity index (χ2n) is 5.22. The first-order chi connectivity index (χ1) is 11.8. The van der Waals surface area contributed by atoms with E-state index in [4.69, 9.17) is 23.2 Å². The average Bonchev–Trinajstić information content (AvgIpc) is 2.54. The number of amides is 1. The molecule has 0 radical (unpaired) electrons. The summed E-state index contributed by atoms with van der Waals surface area (Å²) in [6, 6.07) is 10.7. The van der Waals surface area contributed by atoms with Crippen LogP contribution in [0.1, 0.15) is 18.5 Å². The molecule has 0 saturated heterocycles. The topological polar surface area (TPSA) is 50.4 Å². The third kappa shape index (κ3) is 6.16. The van der Waals surface area contributed by atoms with E-state index in [1.54, 1.807) is 18.2 Å². The minimum absolute atomic E-state index is 0.0251. The van der Waals surface area contributed by atoms with E-state index in [2.05, 4.69) is 15.4 Å². The van der Waals surface area contributed by atoms with Crippen LogP contribution in [0, 0.1) is 0 Å². The lowest BCUT2D eigenvalue weighted by molar-refractivity contribution is -0.115. The van der Waals surface area contributed by atoms with E-state index in [1.807, 2.05) is 6.92 Å². The van der Waals surface area contributed by atoms with Crippen molar-refractivity contribution < 1.29 is 18.3 Å². The molecule has 4 nitrogen and oxygen atoms in total. The standard InChI is InChI=1S/C17H16Cl2F2N2O2/c1-10(14-7-2-11(18)8-15(14)19)22-9-16(24)23-12-3-5-13(6-4-12)25-17(20)21/h2-8,10,17,22H,9H2,1H3,(H,23,24)/t10-/m0/s1. The van der Waals surface area contributed by atoms with Crippen molar-refractivity contribution >= 4 is 34.8 Å². The summed E-state index contributed by atoms with van der Waals surface area (Å²) >= 11 is 12.0. The van der Waals surface area contributed by atoms with Crippen LogP contribution in [0.3, 0.4) is 0 Å². The van der Waals surface area contributed by atoms with Crippen molar-refractivity contribution in [1.82, 2.24) is 5.32 Å². The Bertz CT molecular complexity index is 727. The highest BCUT2D eigenvalue weighted by Gasteiger charge is 2.12. The summed E-state index contributed by atoms with van der Waals surface area (Å²) < 4.78 is 28.4. The van der Waals surface area contributed by atoms with Gasteiger partial charge in [-0.05, 0) is 48.9 Å². The largest absolute Gasteiger partial charge is 0.435 e. The fourth-order valence-electron chi connectivity index (χ4n) is 2.13. The van der Waals surface area contributed by atoms with Crippen LogP contribution >= 0.6 is 23.2 Å². The van der Waals surface area contributed by atoms with E-state index in [0.29, 0.717) is 15.7 Å². The highest BCUT2D eigenvalue weighted by atomic mass is 35.5. The predicted octanol–water partition coefficient (Wildman–Crippen LogP) is 4.88. The molecule has 0 aliphatic rings. The normalized spacial score (nSPS) is 12.1. The summed E-state index contributed by atoms with van der Waals surface area (Å²) in [6.07, 6.45) is 0. The molecule has 0 bridgehead atoms. The molecule has 2 aromatic rings. The van der Waals surface area contributed by atoms with Crippen LogP contribution in [0.4, 0.5) is 14.5 Å². The van der Waals surface area contributed by atoms with Gasteiger partial charge in [0.25, 0.3) is 0 Å². The van der Waals surface area contributed by atoms with Crippen molar-refractivity contribution in [2.75, 3.05) is 11.9 Å². The zero-order chi connectivity index (χ0) is 18.4. The molecule has 2 aromatic carbocycles. The number of alkyl halides is 2. The van der Waals surface area contributed by atoms with Gasteiger partial charge in [-0.3, -0.25) is 4.79 Å². The lowest BCUT2D eigenvalue weighted by Crippen LogP contribution is -2.30. The summed E-state index contributed by atoms with van der Waals surface area (Å²) in [7, 11) is 0. The highest BCUT2D eigenvalue weighted by molar-refractivity contribution is 6.35. The van der Waals surface area contributed by atoms with E-state index < -0.39 is 6.61 Å². The fourth-order valence-corrected chi connectivity index (χ4v) is 2.71. The van der Waals surface area contributed by atoms with Gasteiger partial charge in [-0.25, -0.2) is 0 Å². The SMILES string of the molecule is C[C@H](NCC(=O)Nc1ccc(OC(F)F)cc1)c1ccc(Cl)cc1Cl. The second-order valence-corrected chi connectivity index (χ2v) is 6.06. The van der Waals surface area contributed by atoms with Crippen LogP contribution in [0.25, 0.3) is 0 Å². The first kappa shape index (κ1) is 19.4. The molecule has 134 valence electrons. The Morgan fingerprint density at radius 3 is 2.44 bits per heavy atom. The molecule has 0 saturated carbocycles. The molecule has 0 aliphatic carbocycles. The molecule has 0 spiro atoms. The Kier molecular flexibility index (Phi) is 6.99. The van der Waals surface area contributed by atoms with Crippen molar-refractivity contribution in [3.8, 4) is 5.75 Å². The molecule has 0 unspecified atom stereocenters. The predicted molar refractivity (Wildman–Crippen MR) is 94.6 cm³/mol. The summed E-state index contributed by atoms with van der Waals surface area (Å²) in [5.41, 5.74) is 1.30. The quantitative estimate of drug-likeness (QED) is 0.710. The fraction of sp³-hybridized carbons (Fsp3) is 0.235. The molecule has 2 N–H and O–H groups in total. The van der Waals surface area contributed by atoms with Crippen molar-refractivity contribution in [1.29, 1.82) is 0 Å². The Balaban J connectivity index is 1.85. The second kappa shape index (κ2) is 8.99.